The summed E-state index contributed by atoms with van der Waals surface area (Å²) in [5, 5.41) is 0. The Hall–Kier alpha value is -1.72. The molecule has 0 unspecified atom stereocenters. The first-order chi connectivity index (χ1) is 8.15. The van der Waals surface area contributed by atoms with E-state index < -0.39 is 5.91 Å². The summed E-state index contributed by atoms with van der Waals surface area (Å²) in [4.78, 5) is 23.2. The molecule has 1 fully saturated rings. The highest BCUT2D eigenvalue weighted by molar-refractivity contribution is 5.75. The number of nitrogens with two attached hydrogens (primary N) is 2. The lowest BCUT2D eigenvalue weighted by molar-refractivity contribution is -0.117. The van der Waals surface area contributed by atoms with Gasteiger partial charge < -0.3 is 11.5 Å². The molecule has 2 rings (SSSR count). The van der Waals surface area contributed by atoms with Crippen molar-refractivity contribution in [2.75, 3.05) is 5.73 Å². The van der Waals surface area contributed by atoms with Crippen LogP contribution in [-0.4, -0.2) is 20.9 Å². The predicted molar refractivity (Wildman–Crippen MR) is 63.0 cm³/mol. The van der Waals surface area contributed by atoms with E-state index in [-0.39, 0.29) is 12.4 Å². The standard InChI is InChI=1S/C11H17N5O/c12-8(17)6-9-14-10(16-11(13)15-9)7-4-2-1-3-5-7/h7H,1-6H2,(H2,12,17)(H2,13,14,15,16). The molecule has 1 saturated carbocycles. The van der Waals surface area contributed by atoms with Crippen LogP contribution in [0.5, 0.6) is 0 Å². The van der Waals surface area contributed by atoms with Crippen LogP contribution in [0.1, 0.15) is 49.7 Å². The number of nitrogens with zero attached hydrogens (tertiary/aromatic N) is 3. The number of carbonyl (C=O) groups is 1. The van der Waals surface area contributed by atoms with Crippen molar-refractivity contribution in [1.82, 2.24) is 15.0 Å². The van der Waals surface area contributed by atoms with Gasteiger partial charge in [-0.05, 0) is 12.8 Å². The summed E-state index contributed by atoms with van der Waals surface area (Å²) in [6.07, 6.45) is 5.85. The lowest BCUT2D eigenvalue weighted by Crippen LogP contribution is -2.19. The van der Waals surface area contributed by atoms with Gasteiger partial charge in [0.25, 0.3) is 0 Å². The van der Waals surface area contributed by atoms with Gasteiger partial charge >= 0.3 is 0 Å². The Morgan fingerprint density at radius 2 is 1.88 bits per heavy atom. The van der Waals surface area contributed by atoms with E-state index in [1.54, 1.807) is 0 Å². The van der Waals surface area contributed by atoms with Gasteiger partial charge in [0.1, 0.15) is 11.6 Å². The van der Waals surface area contributed by atoms with Gasteiger partial charge in [-0.3, -0.25) is 4.79 Å². The van der Waals surface area contributed by atoms with Crippen molar-refractivity contribution >= 4 is 11.9 Å². The molecule has 0 radical (unpaired) electrons. The zero-order valence-electron chi connectivity index (χ0n) is 9.72. The molecule has 17 heavy (non-hydrogen) atoms. The fourth-order valence-electron chi connectivity index (χ4n) is 2.24. The average molecular weight is 235 g/mol. The second kappa shape index (κ2) is 5.07. The highest BCUT2D eigenvalue weighted by Crippen LogP contribution is 2.30. The smallest absolute Gasteiger partial charge is 0.225 e. The van der Waals surface area contributed by atoms with Crippen LogP contribution in [0.25, 0.3) is 0 Å². The largest absolute Gasteiger partial charge is 0.369 e. The van der Waals surface area contributed by atoms with Crippen molar-refractivity contribution in [2.45, 2.75) is 44.4 Å². The molecule has 1 heterocycles. The van der Waals surface area contributed by atoms with Crippen LogP contribution >= 0.6 is 0 Å². The van der Waals surface area contributed by atoms with Gasteiger partial charge in [-0.2, -0.15) is 9.97 Å². The molecule has 4 N–H and O–H groups in total. The maximum Gasteiger partial charge on any atom is 0.225 e. The molecular weight excluding hydrogens is 218 g/mol. The van der Waals surface area contributed by atoms with Crippen molar-refractivity contribution in [3.05, 3.63) is 11.6 Å². The van der Waals surface area contributed by atoms with Crippen LogP contribution in [0.4, 0.5) is 5.95 Å². The second-order valence-corrected chi connectivity index (χ2v) is 4.45. The molecule has 1 aromatic heterocycles. The van der Waals surface area contributed by atoms with E-state index in [0.29, 0.717) is 17.6 Å². The third kappa shape index (κ3) is 3.12. The monoisotopic (exact) mass is 235 g/mol. The molecule has 1 aliphatic carbocycles. The molecule has 1 amide bonds. The molecule has 0 aliphatic heterocycles. The maximum absolute atomic E-state index is 10.8. The van der Waals surface area contributed by atoms with E-state index in [2.05, 4.69) is 15.0 Å². The van der Waals surface area contributed by atoms with E-state index in [1.165, 1.54) is 19.3 Å². The molecule has 1 aliphatic rings. The van der Waals surface area contributed by atoms with E-state index >= 15 is 0 Å². The van der Waals surface area contributed by atoms with Crippen LogP contribution in [0, 0.1) is 0 Å². The highest BCUT2D eigenvalue weighted by Gasteiger charge is 2.19. The zero-order valence-corrected chi connectivity index (χ0v) is 9.72. The first-order valence-electron chi connectivity index (χ1n) is 5.94. The Balaban J connectivity index is 2.20. The minimum atomic E-state index is -0.454. The van der Waals surface area contributed by atoms with Crippen LogP contribution in [0.15, 0.2) is 0 Å². The van der Waals surface area contributed by atoms with Gasteiger partial charge in [-0.25, -0.2) is 4.98 Å². The first kappa shape index (κ1) is 11.8. The minimum Gasteiger partial charge on any atom is -0.369 e. The van der Waals surface area contributed by atoms with Gasteiger partial charge in [-0.1, -0.05) is 19.3 Å². The van der Waals surface area contributed by atoms with Gasteiger partial charge in [0.15, 0.2) is 0 Å². The summed E-state index contributed by atoms with van der Waals surface area (Å²) in [6.45, 7) is 0. The second-order valence-electron chi connectivity index (χ2n) is 4.45. The highest BCUT2D eigenvalue weighted by atomic mass is 16.1. The molecule has 6 heteroatoms. The number of anilines is 1. The molecule has 0 bridgehead atoms. The van der Waals surface area contributed by atoms with Crippen LogP contribution in [-0.2, 0) is 11.2 Å². The van der Waals surface area contributed by atoms with Crippen molar-refractivity contribution < 1.29 is 4.79 Å². The molecule has 92 valence electrons. The number of hydrogen-bond donors (Lipinski definition) is 2. The Bertz CT molecular complexity index is 414. The van der Waals surface area contributed by atoms with E-state index in [0.717, 1.165) is 12.8 Å². The zero-order chi connectivity index (χ0) is 12.3. The normalized spacial score (nSPS) is 16.9. The molecule has 0 atom stereocenters. The summed E-state index contributed by atoms with van der Waals surface area (Å²) >= 11 is 0. The molecule has 0 spiro atoms. The van der Waals surface area contributed by atoms with Crippen molar-refractivity contribution in [1.29, 1.82) is 0 Å². The van der Waals surface area contributed by atoms with E-state index in [1.807, 2.05) is 0 Å². The lowest BCUT2D eigenvalue weighted by Gasteiger charge is -2.20. The third-order valence-electron chi connectivity index (χ3n) is 3.02. The van der Waals surface area contributed by atoms with Gasteiger partial charge in [0.2, 0.25) is 11.9 Å². The van der Waals surface area contributed by atoms with Gasteiger partial charge in [0, 0.05) is 5.92 Å². The molecule has 0 saturated heterocycles. The van der Waals surface area contributed by atoms with Crippen molar-refractivity contribution in [2.24, 2.45) is 5.73 Å². The number of rotatable bonds is 3. The summed E-state index contributed by atoms with van der Waals surface area (Å²) in [6, 6.07) is 0. The quantitative estimate of drug-likeness (QED) is 0.794. The topological polar surface area (TPSA) is 108 Å². The van der Waals surface area contributed by atoms with Crippen LogP contribution < -0.4 is 11.5 Å². The molecule has 6 nitrogen and oxygen atoms in total. The summed E-state index contributed by atoms with van der Waals surface area (Å²) in [7, 11) is 0. The Kier molecular flexibility index (Phi) is 3.51. The van der Waals surface area contributed by atoms with Gasteiger partial charge in [-0.15, -0.1) is 0 Å². The summed E-state index contributed by atoms with van der Waals surface area (Å²) in [5.41, 5.74) is 10.8. The van der Waals surface area contributed by atoms with Gasteiger partial charge in [0.05, 0.1) is 6.42 Å². The Morgan fingerprint density at radius 3 is 2.53 bits per heavy atom. The van der Waals surface area contributed by atoms with Crippen LogP contribution in [0.2, 0.25) is 0 Å². The molecule has 1 aromatic rings. The van der Waals surface area contributed by atoms with Crippen LogP contribution in [0.3, 0.4) is 0 Å². The lowest BCUT2D eigenvalue weighted by atomic mass is 9.89. The minimum absolute atomic E-state index is 0.0203. The molecule has 0 aromatic carbocycles. The predicted octanol–water partition coefficient (Wildman–Crippen LogP) is 0.529. The number of primary amides is 1. The Labute approximate surface area is 99.8 Å². The SMILES string of the molecule is NC(=O)Cc1nc(N)nc(C2CCCCC2)n1. The number of carbonyl (C=O) groups excluding carboxylic acids is 1. The number of nitrogen functional groups attached to an aromatic ring is 1. The number of hydrogen-bond acceptors (Lipinski definition) is 5. The van der Waals surface area contributed by atoms with Crippen molar-refractivity contribution in [3.8, 4) is 0 Å². The number of amides is 1. The van der Waals surface area contributed by atoms with Crippen molar-refractivity contribution in [3.63, 3.8) is 0 Å². The maximum atomic E-state index is 10.8. The fraction of sp³-hybridized carbons (Fsp3) is 0.636. The summed E-state index contributed by atoms with van der Waals surface area (Å²) < 4.78 is 0. The third-order valence-corrected chi connectivity index (χ3v) is 3.02. The average Bonchev–Trinajstić information content (AvgIpc) is 2.28. The first-order valence-corrected chi connectivity index (χ1v) is 5.94. The summed E-state index contributed by atoms with van der Waals surface area (Å²) in [5.74, 6) is 1.17. The molecular formula is C11H17N5O. The van der Waals surface area contributed by atoms with E-state index in [4.69, 9.17) is 11.5 Å². The fourth-order valence-corrected chi connectivity index (χ4v) is 2.24. The Morgan fingerprint density at radius 1 is 1.18 bits per heavy atom. The number of aromatic nitrogens is 3. The van der Waals surface area contributed by atoms with E-state index in [9.17, 15) is 4.79 Å².